The molecule has 0 amide bonds. The molecule has 0 bridgehead atoms. The Kier molecular flexibility index (Phi) is 3.51. The van der Waals surface area contributed by atoms with Gasteiger partial charge < -0.3 is 0 Å². The van der Waals surface area contributed by atoms with Crippen molar-refractivity contribution < 1.29 is 0 Å². The number of nitrogens with zero attached hydrogens (tertiary/aromatic N) is 2. The molecule has 5 heteroatoms. The first-order chi connectivity index (χ1) is 6.74. The van der Waals surface area contributed by atoms with E-state index in [9.17, 15) is 0 Å². The molecule has 1 aromatic carbocycles. The molecule has 1 heterocycles. The van der Waals surface area contributed by atoms with Gasteiger partial charge in [0.05, 0.1) is 0 Å². The molecular weight excluding hydrogens is 375 g/mol. The quantitative estimate of drug-likeness (QED) is 0.745. The molecule has 0 aliphatic heterocycles. The van der Waals surface area contributed by atoms with E-state index in [1.165, 1.54) is 17.1 Å². The highest BCUT2D eigenvalue weighted by atomic mass is 127. The monoisotopic (exact) mass is 380 g/mol. The molecule has 1 aromatic heterocycles. The lowest BCUT2D eigenvalue weighted by atomic mass is 10.2. The highest BCUT2D eigenvalue weighted by Gasteiger charge is 2.02. The topological polar surface area (TPSA) is 25.8 Å². The molecule has 0 spiro atoms. The summed E-state index contributed by atoms with van der Waals surface area (Å²) in [6.07, 6.45) is 0.869. The van der Waals surface area contributed by atoms with Crippen molar-refractivity contribution >= 4 is 50.1 Å². The van der Waals surface area contributed by atoms with Gasteiger partial charge in [0.25, 0.3) is 0 Å². The van der Waals surface area contributed by atoms with Crippen molar-refractivity contribution in [3.63, 3.8) is 0 Å². The van der Waals surface area contributed by atoms with E-state index in [1.54, 1.807) is 0 Å². The Morgan fingerprint density at radius 2 is 2.00 bits per heavy atom. The van der Waals surface area contributed by atoms with Crippen molar-refractivity contribution in [2.24, 2.45) is 0 Å². The summed E-state index contributed by atoms with van der Waals surface area (Å²) in [5, 5.41) is 1.07. The molecule has 0 unspecified atom stereocenters. The van der Waals surface area contributed by atoms with Crippen LogP contribution >= 0.6 is 50.1 Å². The zero-order valence-electron chi connectivity index (χ0n) is 7.08. The smallest absolute Gasteiger partial charge is 0.203 e. The van der Waals surface area contributed by atoms with E-state index in [-0.39, 0.29) is 0 Å². The Morgan fingerprint density at radius 3 is 2.57 bits per heavy atom. The lowest BCUT2D eigenvalue weighted by molar-refractivity contribution is 1.10. The zero-order valence-corrected chi connectivity index (χ0v) is 11.6. The average molecular weight is 381 g/mol. The molecule has 0 aliphatic carbocycles. The van der Waals surface area contributed by atoms with Crippen molar-refractivity contribution in [3.8, 4) is 0 Å². The van der Waals surface area contributed by atoms with Gasteiger partial charge >= 0.3 is 0 Å². The first kappa shape index (κ1) is 10.5. The van der Waals surface area contributed by atoms with Crippen LogP contribution in [0.25, 0.3) is 0 Å². The van der Waals surface area contributed by atoms with Crippen LogP contribution in [-0.4, -0.2) is 9.36 Å². The minimum Gasteiger partial charge on any atom is -0.214 e. The van der Waals surface area contributed by atoms with Crippen LogP contribution in [0.5, 0.6) is 0 Å². The Balaban J connectivity index is 2.15. The Bertz CT molecular complexity index is 427. The maximum Gasteiger partial charge on any atom is 0.203 e. The summed E-state index contributed by atoms with van der Waals surface area (Å²) in [5.41, 5.74) is 1.26. The van der Waals surface area contributed by atoms with Gasteiger partial charge in [0.1, 0.15) is 5.01 Å². The molecule has 0 saturated heterocycles. The molecule has 14 heavy (non-hydrogen) atoms. The summed E-state index contributed by atoms with van der Waals surface area (Å²) >= 11 is 7.01. The number of hydrogen-bond acceptors (Lipinski definition) is 3. The third kappa shape index (κ3) is 2.74. The summed E-state index contributed by atoms with van der Waals surface area (Å²) < 4.78 is 6.08. The maximum absolute atomic E-state index is 4.31. The Morgan fingerprint density at radius 1 is 1.29 bits per heavy atom. The van der Waals surface area contributed by atoms with Gasteiger partial charge in [-0.25, -0.2) is 4.98 Å². The minimum absolute atomic E-state index is 0.833. The van der Waals surface area contributed by atoms with Crippen LogP contribution in [0.15, 0.2) is 28.7 Å². The van der Waals surface area contributed by atoms with Crippen LogP contribution in [-0.2, 0) is 6.42 Å². The molecule has 0 N–H and O–H groups in total. The van der Waals surface area contributed by atoms with Gasteiger partial charge in [-0.15, -0.1) is 0 Å². The second-order valence-electron chi connectivity index (χ2n) is 2.76. The van der Waals surface area contributed by atoms with E-state index in [0.29, 0.717) is 0 Å². The minimum atomic E-state index is 0.833. The van der Waals surface area contributed by atoms with Crippen LogP contribution in [0.4, 0.5) is 0 Å². The molecule has 0 saturated carbocycles. The van der Waals surface area contributed by atoms with Gasteiger partial charge in [-0.2, -0.15) is 4.37 Å². The molecular formula is C9H6BrIN2S. The molecule has 0 radical (unpaired) electrons. The normalized spacial score (nSPS) is 10.4. The number of rotatable bonds is 2. The van der Waals surface area contributed by atoms with Gasteiger partial charge in [-0.1, -0.05) is 28.1 Å². The van der Waals surface area contributed by atoms with Crippen molar-refractivity contribution in [1.29, 1.82) is 0 Å². The predicted molar refractivity (Wildman–Crippen MR) is 69.6 cm³/mol. The van der Waals surface area contributed by atoms with Gasteiger partial charge in [-0.3, -0.25) is 0 Å². The van der Waals surface area contributed by atoms with Gasteiger partial charge in [0.2, 0.25) is 3.83 Å². The third-order valence-electron chi connectivity index (χ3n) is 1.71. The van der Waals surface area contributed by atoms with E-state index in [1.807, 2.05) is 12.1 Å². The van der Waals surface area contributed by atoms with Crippen LogP contribution in [0.3, 0.4) is 0 Å². The molecule has 2 aromatic rings. The summed E-state index contributed by atoms with van der Waals surface area (Å²) in [5.74, 6) is 0. The highest BCUT2D eigenvalue weighted by molar-refractivity contribution is 14.1. The van der Waals surface area contributed by atoms with E-state index in [2.05, 4.69) is 60.0 Å². The first-order valence-electron chi connectivity index (χ1n) is 3.96. The molecule has 72 valence electrons. The Labute approximate surface area is 108 Å². The predicted octanol–water partition coefficient (Wildman–Crippen LogP) is 3.50. The second-order valence-corrected chi connectivity index (χ2v) is 5.48. The van der Waals surface area contributed by atoms with E-state index < -0.39 is 0 Å². The zero-order chi connectivity index (χ0) is 9.97. The summed E-state index contributed by atoms with van der Waals surface area (Å²) in [6.45, 7) is 0. The SMILES string of the molecule is Brc1ccc(Cc2nc(I)ns2)cc1. The fourth-order valence-corrected chi connectivity index (χ4v) is 2.68. The number of benzene rings is 1. The molecule has 2 nitrogen and oxygen atoms in total. The fourth-order valence-electron chi connectivity index (χ4n) is 1.08. The fraction of sp³-hybridized carbons (Fsp3) is 0.111. The van der Waals surface area contributed by atoms with Gasteiger partial charge in [0, 0.05) is 33.5 Å². The van der Waals surface area contributed by atoms with Crippen LogP contribution < -0.4 is 0 Å². The molecule has 0 aliphatic rings. The van der Waals surface area contributed by atoms with E-state index in [4.69, 9.17) is 0 Å². The number of aromatic nitrogens is 2. The van der Waals surface area contributed by atoms with Crippen LogP contribution in [0, 0.1) is 3.83 Å². The van der Waals surface area contributed by atoms with E-state index in [0.717, 1.165) is 19.7 Å². The second kappa shape index (κ2) is 4.67. The van der Waals surface area contributed by atoms with Crippen molar-refractivity contribution in [2.45, 2.75) is 6.42 Å². The van der Waals surface area contributed by atoms with Crippen molar-refractivity contribution in [2.75, 3.05) is 0 Å². The van der Waals surface area contributed by atoms with Crippen molar-refractivity contribution in [3.05, 3.63) is 43.1 Å². The summed E-state index contributed by atoms with van der Waals surface area (Å²) in [4.78, 5) is 4.31. The van der Waals surface area contributed by atoms with Crippen molar-refractivity contribution in [1.82, 2.24) is 9.36 Å². The molecule has 0 atom stereocenters. The average Bonchev–Trinajstić information content (AvgIpc) is 2.56. The third-order valence-corrected chi connectivity index (χ3v) is 3.76. The van der Waals surface area contributed by atoms with Crippen LogP contribution in [0.1, 0.15) is 10.6 Å². The number of hydrogen-bond donors (Lipinski definition) is 0. The highest BCUT2D eigenvalue weighted by Crippen LogP contribution is 2.15. The van der Waals surface area contributed by atoms with Crippen LogP contribution in [0.2, 0.25) is 0 Å². The summed E-state index contributed by atoms with van der Waals surface area (Å²) in [6, 6.07) is 8.28. The largest absolute Gasteiger partial charge is 0.214 e. The van der Waals surface area contributed by atoms with Gasteiger partial charge in [-0.05, 0) is 29.2 Å². The van der Waals surface area contributed by atoms with Gasteiger partial charge in [0.15, 0.2) is 0 Å². The maximum atomic E-state index is 4.31. The molecule has 2 rings (SSSR count). The Hall–Kier alpha value is -0.0100. The first-order valence-corrected chi connectivity index (χ1v) is 6.61. The number of halogens is 2. The van der Waals surface area contributed by atoms with E-state index >= 15 is 0 Å². The summed E-state index contributed by atoms with van der Waals surface area (Å²) in [7, 11) is 0. The standard InChI is InChI=1S/C9H6BrIN2S/c10-7-3-1-6(2-4-7)5-8-12-9(11)13-14-8/h1-4H,5H2. The lowest BCUT2D eigenvalue weighted by Crippen LogP contribution is -1.86. The molecule has 0 fully saturated rings. The lowest BCUT2D eigenvalue weighted by Gasteiger charge is -1.96.